The van der Waals surface area contributed by atoms with E-state index in [1.54, 1.807) is 13.3 Å². The third-order valence-electron chi connectivity index (χ3n) is 3.90. The van der Waals surface area contributed by atoms with Crippen molar-refractivity contribution in [1.29, 1.82) is 0 Å². The Hall–Kier alpha value is -2.47. The molecule has 0 amide bonds. The molecule has 1 aliphatic heterocycles. The zero-order valence-corrected chi connectivity index (χ0v) is 13.3. The molecule has 0 aliphatic carbocycles. The van der Waals surface area contributed by atoms with Gasteiger partial charge < -0.3 is 9.64 Å². The monoisotopic (exact) mass is 327 g/mol. The maximum absolute atomic E-state index is 6.09. The molecular weight excluding hydrogens is 314 g/mol. The van der Waals surface area contributed by atoms with Crippen molar-refractivity contribution in [1.82, 2.24) is 19.9 Å². The molecular formula is C16H14ClN5O. The number of hydrogen-bond acceptors (Lipinski definition) is 6. The lowest BCUT2D eigenvalue weighted by Crippen LogP contribution is -2.26. The van der Waals surface area contributed by atoms with Crippen molar-refractivity contribution >= 4 is 34.1 Å². The summed E-state index contributed by atoms with van der Waals surface area (Å²) in [7, 11) is 1.62. The van der Waals surface area contributed by atoms with Gasteiger partial charge in [-0.25, -0.2) is 9.97 Å². The maximum Gasteiger partial charge on any atom is 0.226 e. The third-order valence-corrected chi connectivity index (χ3v) is 4.07. The second kappa shape index (κ2) is 5.62. The first-order valence-corrected chi connectivity index (χ1v) is 7.74. The van der Waals surface area contributed by atoms with Crippen LogP contribution in [0.15, 0.2) is 30.5 Å². The molecule has 3 aromatic rings. The number of aromatic nitrogens is 4. The molecule has 0 radical (unpaired) electrons. The largest absolute Gasteiger partial charge is 0.481 e. The highest BCUT2D eigenvalue weighted by Crippen LogP contribution is 2.36. The summed E-state index contributed by atoms with van der Waals surface area (Å²) in [6, 6.07) is 7.71. The fourth-order valence-corrected chi connectivity index (χ4v) is 3.05. The lowest BCUT2D eigenvalue weighted by molar-refractivity contribution is 0.396. The lowest BCUT2D eigenvalue weighted by atomic mass is 10.1. The molecule has 0 saturated carbocycles. The van der Waals surface area contributed by atoms with E-state index in [0.29, 0.717) is 11.5 Å². The minimum Gasteiger partial charge on any atom is -0.481 e. The minimum absolute atomic E-state index is 0.194. The Labute approximate surface area is 138 Å². The van der Waals surface area contributed by atoms with Crippen molar-refractivity contribution in [3.63, 3.8) is 0 Å². The second-order valence-corrected chi connectivity index (χ2v) is 5.60. The van der Waals surface area contributed by atoms with Crippen LogP contribution < -0.4 is 9.64 Å². The van der Waals surface area contributed by atoms with Crippen molar-refractivity contribution in [2.24, 2.45) is 0 Å². The molecule has 0 bridgehead atoms. The van der Waals surface area contributed by atoms with Crippen LogP contribution in [0.1, 0.15) is 12.1 Å². The van der Waals surface area contributed by atoms with Gasteiger partial charge in [0.2, 0.25) is 11.2 Å². The fraction of sp³-hybridized carbons (Fsp3) is 0.250. The topological polar surface area (TPSA) is 64.0 Å². The average molecular weight is 328 g/mol. The van der Waals surface area contributed by atoms with Gasteiger partial charge in [-0.15, -0.1) is 0 Å². The highest BCUT2D eigenvalue weighted by atomic mass is 35.5. The van der Waals surface area contributed by atoms with E-state index in [1.165, 1.54) is 0 Å². The van der Waals surface area contributed by atoms with Gasteiger partial charge in [-0.2, -0.15) is 9.97 Å². The van der Waals surface area contributed by atoms with Crippen molar-refractivity contribution in [2.45, 2.75) is 12.8 Å². The van der Waals surface area contributed by atoms with E-state index in [4.69, 9.17) is 16.3 Å². The van der Waals surface area contributed by atoms with Gasteiger partial charge in [-0.1, -0.05) is 0 Å². The highest BCUT2D eigenvalue weighted by Gasteiger charge is 2.23. The van der Waals surface area contributed by atoms with E-state index in [9.17, 15) is 0 Å². The predicted molar refractivity (Wildman–Crippen MR) is 88.5 cm³/mol. The number of anilines is 2. The molecule has 116 valence electrons. The Balaban J connectivity index is 1.90. The summed E-state index contributed by atoms with van der Waals surface area (Å²) < 4.78 is 5.22. The van der Waals surface area contributed by atoms with Gasteiger partial charge >= 0.3 is 0 Å². The number of aryl methyl sites for hydroxylation is 1. The summed E-state index contributed by atoms with van der Waals surface area (Å²) in [4.78, 5) is 19.6. The van der Waals surface area contributed by atoms with Crippen LogP contribution in [-0.4, -0.2) is 33.6 Å². The van der Waals surface area contributed by atoms with Crippen molar-refractivity contribution in [3.05, 3.63) is 41.4 Å². The van der Waals surface area contributed by atoms with E-state index in [2.05, 4.69) is 24.8 Å². The molecule has 0 aromatic carbocycles. The van der Waals surface area contributed by atoms with Crippen molar-refractivity contribution in [2.75, 3.05) is 18.6 Å². The number of methoxy groups -OCH3 is 1. The number of nitrogens with zero attached hydrogens (tertiary/aromatic N) is 5. The summed E-state index contributed by atoms with van der Waals surface area (Å²) >= 11 is 6.09. The predicted octanol–water partition coefficient (Wildman–Crippen LogP) is 3.17. The standard InChI is InChI=1S/C16H14ClN5O/c1-23-13-7-6-12-11(19-13)5-3-9-22(12)15-10-4-2-8-18-14(10)20-16(17)21-15/h2,4,6-8H,3,5,9H2,1H3. The van der Waals surface area contributed by atoms with Crippen LogP contribution in [0.2, 0.25) is 5.28 Å². The van der Waals surface area contributed by atoms with E-state index in [-0.39, 0.29) is 5.28 Å². The first-order chi connectivity index (χ1) is 11.3. The van der Waals surface area contributed by atoms with E-state index in [1.807, 2.05) is 24.3 Å². The van der Waals surface area contributed by atoms with Crippen LogP contribution in [0.4, 0.5) is 11.5 Å². The molecule has 23 heavy (non-hydrogen) atoms. The molecule has 1 aliphatic rings. The summed E-state index contributed by atoms with van der Waals surface area (Å²) in [6.07, 6.45) is 3.60. The van der Waals surface area contributed by atoms with E-state index < -0.39 is 0 Å². The van der Waals surface area contributed by atoms with Crippen molar-refractivity contribution < 1.29 is 4.74 Å². The van der Waals surface area contributed by atoms with Gasteiger partial charge in [-0.05, 0) is 42.6 Å². The molecule has 0 unspecified atom stereocenters. The third kappa shape index (κ3) is 2.45. The first kappa shape index (κ1) is 14.1. The van der Waals surface area contributed by atoms with Crippen LogP contribution in [0, 0.1) is 0 Å². The summed E-state index contributed by atoms with van der Waals surface area (Å²) in [5, 5.41) is 1.07. The first-order valence-electron chi connectivity index (χ1n) is 7.36. The van der Waals surface area contributed by atoms with Gasteiger partial charge in [0.25, 0.3) is 0 Å². The quantitative estimate of drug-likeness (QED) is 0.674. The van der Waals surface area contributed by atoms with Crippen molar-refractivity contribution in [3.8, 4) is 5.88 Å². The molecule has 0 atom stereocenters. The summed E-state index contributed by atoms with van der Waals surface area (Å²) in [5.74, 6) is 1.39. The Bertz CT molecular complexity index is 885. The van der Waals surface area contributed by atoms with E-state index >= 15 is 0 Å². The molecule has 0 N–H and O–H groups in total. The average Bonchev–Trinajstić information content (AvgIpc) is 2.60. The molecule has 7 heteroatoms. The normalized spacial score (nSPS) is 13.9. The summed E-state index contributed by atoms with van der Waals surface area (Å²) in [6.45, 7) is 0.846. The SMILES string of the molecule is COc1ccc2c(n1)CCCN2c1nc(Cl)nc2ncccc12. The Kier molecular flexibility index (Phi) is 3.46. The van der Waals surface area contributed by atoms with Crippen LogP contribution in [0.3, 0.4) is 0 Å². The second-order valence-electron chi connectivity index (χ2n) is 5.27. The van der Waals surface area contributed by atoms with Crippen LogP contribution in [-0.2, 0) is 6.42 Å². The molecule has 0 saturated heterocycles. The number of rotatable bonds is 2. The molecule has 0 fully saturated rings. The van der Waals surface area contributed by atoms with Crippen LogP contribution in [0.25, 0.3) is 11.0 Å². The zero-order chi connectivity index (χ0) is 15.8. The Morgan fingerprint density at radius 3 is 2.96 bits per heavy atom. The smallest absolute Gasteiger partial charge is 0.226 e. The number of ether oxygens (including phenoxy) is 1. The van der Waals surface area contributed by atoms with Gasteiger partial charge in [0.15, 0.2) is 5.65 Å². The minimum atomic E-state index is 0.194. The van der Waals surface area contributed by atoms with Crippen LogP contribution >= 0.6 is 11.6 Å². The zero-order valence-electron chi connectivity index (χ0n) is 12.5. The molecule has 0 spiro atoms. The highest BCUT2D eigenvalue weighted by molar-refractivity contribution is 6.28. The van der Waals surface area contributed by atoms with Gasteiger partial charge in [0.05, 0.1) is 23.9 Å². The van der Waals surface area contributed by atoms with Crippen LogP contribution in [0.5, 0.6) is 5.88 Å². The van der Waals surface area contributed by atoms with Gasteiger partial charge in [0, 0.05) is 18.8 Å². The van der Waals surface area contributed by atoms with E-state index in [0.717, 1.165) is 42.0 Å². The number of halogens is 1. The van der Waals surface area contributed by atoms with Gasteiger partial charge in [0.1, 0.15) is 5.82 Å². The Morgan fingerprint density at radius 1 is 1.17 bits per heavy atom. The molecule has 4 rings (SSSR count). The fourth-order valence-electron chi connectivity index (χ4n) is 2.89. The summed E-state index contributed by atoms with van der Waals surface area (Å²) in [5.41, 5.74) is 2.62. The number of fused-ring (bicyclic) bond motifs is 2. The maximum atomic E-state index is 6.09. The number of hydrogen-bond donors (Lipinski definition) is 0. The van der Waals surface area contributed by atoms with Gasteiger partial charge in [-0.3, -0.25) is 0 Å². The lowest BCUT2D eigenvalue weighted by Gasteiger charge is -2.30. The molecule has 4 heterocycles. The molecule has 3 aromatic heterocycles. The Morgan fingerprint density at radius 2 is 2.09 bits per heavy atom. The number of pyridine rings is 2. The molecule has 6 nitrogen and oxygen atoms in total.